The number of piperidine rings is 1. The Bertz CT molecular complexity index is 834. The van der Waals surface area contributed by atoms with Gasteiger partial charge in [-0.2, -0.15) is 0 Å². The lowest BCUT2D eigenvalue weighted by Crippen LogP contribution is -2.33. The molecule has 0 unspecified atom stereocenters. The Labute approximate surface area is 140 Å². The molecule has 0 saturated carbocycles. The van der Waals surface area contributed by atoms with Crippen LogP contribution in [0.3, 0.4) is 0 Å². The number of aromatic amines is 1. The van der Waals surface area contributed by atoms with Crippen molar-refractivity contribution in [2.24, 2.45) is 5.92 Å². The van der Waals surface area contributed by atoms with E-state index in [9.17, 15) is 0 Å². The number of nitrogens with zero attached hydrogens (tertiary/aromatic N) is 3. The van der Waals surface area contributed by atoms with Crippen molar-refractivity contribution in [3.63, 3.8) is 0 Å². The third-order valence-corrected chi connectivity index (χ3v) is 4.80. The smallest absolute Gasteiger partial charge is 0.142 e. The molecule has 0 bridgehead atoms. The molecule has 3 aromatic rings. The van der Waals surface area contributed by atoms with Gasteiger partial charge in [-0.15, -0.1) is 0 Å². The van der Waals surface area contributed by atoms with Gasteiger partial charge in [-0.1, -0.05) is 18.5 Å². The maximum Gasteiger partial charge on any atom is 0.142 e. The van der Waals surface area contributed by atoms with Crippen molar-refractivity contribution in [1.82, 2.24) is 15.0 Å². The predicted molar refractivity (Wildman–Crippen MR) is 94.9 cm³/mol. The third kappa shape index (κ3) is 2.79. The highest BCUT2D eigenvalue weighted by molar-refractivity contribution is 6.31. The molecule has 1 fully saturated rings. The van der Waals surface area contributed by atoms with Gasteiger partial charge in [0.15, 0.2) is 0 Å². The van der Waals surface area contributed by atoms with Gasteiger partial charge in [0.05, 0.1) is 16.6 Å². The van der Waals surface area contributed by atoms with E-state index in [-0.39, 0.29) is 0 Å². The highest BCUT2D eigenvalue weighted by atomic mass is 35.5. The summed E-state index contributed by atoms with van der Waals surface area (Å²) in [5, 5.41) is 0.712. The molecule has 0 spiro atoms. The first kappa shape index (κ1) is 14.5. The number of fused-ring (bicyclic) bond motifs is 1. The molecule has 0 atom stereocenters. The fourth-order valence-corrected chi connectivity index (χ4v) is 3.34. The highest BCUT2D eigenvalue weighted by Gasteiger charge is 2.21. The summed E-state index contributed by atoms with van der Waals surface area (Å²) in [5.41, 5.74) is 2.93. The van der Waals surface area contributed by atoms with E-state index in [1.807, 2.05) is 30.5 Å². The zero-order chi connectivity index (χ0) is 15.8. The van der Waals surface area contributed by atoms with Crippen molar-refractivity contribution in [2.45, 2.75) is 19.8 Å². The van der Waals surface area contributed by atoms with Gasteiger partial charge < -0.3 is 9.88 Å². The number of H-pyrrole nitrogens is 1. The Morgan fingerprint density at radius 1 is 1.22 bits per heavy atom. The van der Waals surface area contributed by atoms with E-state index in [0.29, 0.717) is 5.02 Å². The summed E-state index contributed by atoms with van der Waals surface area (Å²) in [5.74, 6) is 2.67. The van der Waals surface area contributed by atoms with Crippen LogP contribution in [0.1, 0.15) is 19.8 Å². The Hall–Kier alpha value is -2.07. The number of hydrogen-bond donors (Lipinski definition) is 1. The molecule has 118 valence electrons. The lowest BCUT2D eigenvalue weighted by molar-refractivity contribution is 0.437. The van der Waals surface area contributed by atoms with E-state index in [1.165, 1.54) is 12.8 Å². The minimum Gasteiger partial charge on any atom is -0.356 e. The summed E-state index contributed by atoms with van der Waals surface area (Å²) < 4.78 is 0. The lowest BCUT2D eigenvalue weighted by atomic mass is 9.99. The van der Waals surface area contributed by atoms with Crippen LogP contribution in [0, 0.1) is 5.92 Å². The molecule has 2 aromatic heterocycles. The van der Waals surface area contributed by atoms with Crippen molar-refractivity contribution in [2.75, 3.05) is 18.0 Å². The molecule has 0 amide bonds. The summed E-state index contributed by atoms with van der Waals surface area (Å²) >= 11 is 6.07. The first-order valence-corrected chi connectivity index (χ1v) is 8.44. The Kier molecular flexibility index (Phi) is 3.69. The van der Waals surface area contributed by atoms with Gasteiger partial charge in [0.25, 0.3) is 0 Å². The number of nitrogens with one attached hydrogen (secondary N) is 1. The molecule has 5 heteroatoms. The number of aromatic nitrogens is 3. The van der Waals surface area contributed by atoms with Crippen LogP contribution in [0.5, 0.6) is 0 Å². The van der Waals surface area contributed by atoms with Gasteiger partial charge in [-0.25, -0.2) is 9.97 Å². The first-order chi connectivity index (χ1) is 11.2. The zero-order valence-corrected chi connectivity index (χ0v) is 13.8. The largest absolute Gasteiger partial charge is 0.356 e. The minimum absolute atomic E-state index is 0.712. The second-order valence-corrected chi connectivity index (χ2v) is 6.73. The molecule has 23 heavy (non-hydrogen) atoms. The molecule has 1 saturated heterocycles. The number of pyridine rings is 1. The van der Waals surface area contributed by atoms with E-state index in [0.717, 1.165) is 47.2 Å². The van der Waals surface area contributed by atoms with E-state index in [2.05, 4.69) is 27.9 Å². The standard InChI is InChI=1S/C18H19ClN4/c1-12-6-9-23(10-7-12)18-14(3-2-8-20-18)17-21-15-5-4-13(19)11-16(15)22-17/h2-5,8,11-12H,6-7,9-10H2,1H3,(H,21,22). The number of rotatable bonds is 2. The monoisotopic (exact) mass is 326 g/mol. The predicted octanol–water partition coefficient (Wildman–Crippen LogP) is 4.51. The molecule has 4 nitrogen and oxygen atoms in total. The molecular weight excluding hydrogens is 308 g/mol. The number of halogens is 1. The van der Waals surface area contributed by atoms with Gasteiger partial charge in [-0.3, -0.25) is 0 Å². The Morgan fingerprint density at radius 3 is 2.87 bits per heavy atom. The first-order valence-electron chi connectivity index (χ1n) is 8.06. The van der Waals surface area contributed by atoms with E-state index < -0.39 is 0 Å². The number of hydrogen-bond acceptors (Lipinski definition) is 3. The molecular formula is C18H19ClN4. The van der Waals surface area contributed by atoms with Crippen molar-refractivity contribution >= 4 is 28.5 Å². The van der Waals surface area contributed by atoms with Crippen LogP contribution in [0.2, 0.25) is 5.02 Å². The fraction of sp³-hybridized carbons (Fsp3) is 0.333. The number of anilines is 1. The van der Waals surface area contributed by atoms with Gasteiger partial charge in [0.2, 0.25) is 0 Å². The third-order valence-electron chi connectivity index (χ3n) is 4.57. The zero-order valence-electron chi connectivity index (χ0n) is 13.1. The van der Waals surface area contributed by atoms with Crippen LogP contribution in [0.4, 0.5) is 5.82 Å². The van der Waals surface area contributed by atoms with Gasteiger partial charge >= 0.3 is 0 Å². The lowest BCUT2D eigenvalue weighted by Gasteiger charge is -2.32. The molecule has 3 heterocycles. The van der Waals surface area contributed by atoms with Crippen LogP contribution in [-0.4, -0.2) is 28.0 Å². The van der Waals surface area contributed by atoms with E-state index >= 15 is 0 Å². The molecule has 0 radical (unpaired) electrons. The van der Waals surface area contributed by atoms with Crippen LogP contribution in [0.25, 0.3) is 22.4 Å². The molecule has 1 aromatic carbocycles. The van der Waals surface area contributed by atoms with Crippen LogP contribution >= 0.6 is 11.6 Å². The quantitative estimate of drug-likeness (QED) is 0.753. The maximum atomic E-state index is 6.07. The second kappa shape index (κ2) is 5.85. The topological polar surface area (TPSA) is 44.8 Å². The molecule has 1 aliphatic rings. The van der Waals surface area contributed by atoms with Gasteiger partial charge in [0, 0.05) is 24.3 Å². The average molecular weight is 327 g/mol. The Morgan fingerprint density at radius 2 is 2.04 bits per heavy atom. The van der Waals surface area contributed by atoms with Gasteiger partial charge in [-0.05, 0) is 49.1 Å². The molecule has 4 rings (SSSR count). The van der Waals surface area contributed by atoms with Gasteiger partial charge in [0.1, 0.15) is 11.6 Å². The fourth-order valence-electron chi connectivity index (χ4n) is 3.16. The van der Waals surface area contributed by atoms with E-state index in [1.54, 1.807) is 0 Å². The van der Waals surface area contributed by atoms with Crippen molar-refractivity contribution in [1.29, 1.82) is 0 Å². The maximum absolute atomic E-state index is 6.07. The molecule has 1 aliphatic heterocycles. The average Bonchev–Trinajstić information content (AvgIpc) is 2.98. The van der Waals surface area contributed by atoms with Crippen LogP contribution in [-0.2, 0) is 0 Å². The van der Waals surface area contributed by atoms with Crippen molar-refractivity contribution in [3.8, 4) is 11.4 Å². The summed E-state index contributed by atoms with van der Waals surface area (Å²) in [7, 11) is 0. The van der Waals surface area contributed by atoms with Crippen LogP contribution in [0.15, 0.2) is 36.5 Å². The summed E-state index contributed by atoms with van der Waals surface area (Å²) in [6, 6.07) is 9.76. The number of benzene rings is 1. The van der Waals surface area contributed by atoms with Crippen molar-refractivity contribution < 1.29 is 0 Å². The second-order valence-electron chi connectivity index (χ2n) is 6.29. The molecule has 1 N–H and O–H groups in total. The van der Waals surface area contributed by atoms with E-state index in [4.69, 9.17) is 16.6 Å². The SMILES string of the molecule is CC1CCN(c2ncccc2-c2nc3ccc(Cl)cc3[nH]2)CC1. The highest BCUT2D eigenvalue weighted by Crippen LogP contribution is 2.31. The van der Waals surface area contributed by atoms with Crippen molar-refractivity contribution in [3.05, 3.63) is 41.6 Å². The summed E-state index contributed by atoms with van der Waals surface area (Å²) in [6.45, 7) is 4.42. The summed E-state index contributed by atoms with van der Waals surface area (Å²) in [4.78, 5) is 15.1. The number of imidazole rings is 1. The Balaban J connectivity index is 1.75. The summed E-state index contributed by atoms with van der Waals surface area (Å²) in [6.07, 6.45) is 4.29. The normalized spacial score (nSPS) is 16.2. The molecule has 0 aliphatic carbocycles. The minimum atomic E-state index is 0.712. The van der Waals surface area contributed by atoms with Crippen LogP contribution < -0.4 is 4.90 Å².